The van der Waals surface area contributed by atoms with E-state index in [0.717, 1.165) is 37.8 Å². The molecule has 1 N–H and O–H groups in total. The number of carbonyl (C=O) groups excluding carboxylic acids is 1. The molecule has 2 heterocycles. The van der Waals surface area contributed by atoms with Crippen molar-refractivity contribution in [2.24, 2.45) is 0 Å². The lowest BCUT2D eigenvalue weighted by Crippen LogP contribution is -2.55. The molecule has 1 aromatic rings. The quantitative estimate of drug-likeness (QED) is 0.685. The van der Waals surface area contributed by atoms with Crippen molar-refractivity contribution in [3.63, 3.8) is 0 Å². The molecule has 0 saturated carbocycles. The van der Waals surface area contributed by atoms with Crippen LogP contribution in [0.1, 0.15) is 42.5 Å². The smallest absolute Gasteiger partial charge is 0.272 e. The average molecular weight is 321 g/mol. The molecule has 3 rings (SSSR count). The first-order valence-corrected chi connectivity index (χ1v) is 7.92. The van der Waals surface area contributed by atoms with Crippen molar-refractivity contribution in [3.8, 4) is 0 Å². The summed E-state index contributed by atoms with van der Waals surface area (Å²) < 4.78 is 13.9. The maximum atomic E-state index is 13.9. The van der Waals surface area contributed by atoms with Crippen molar-refractivity contribution in [3.05, 3.63) is 39.7 Å². The van der Waals surface area contributed by atoms with Crippen LogP contribution < -0.4 is 5.32 Å². The van der Waals surface area contributed by atoms with E-state index in [4.69, 9.17) is 0 Å². The van der Waals surface area contributed by atoms with Crippen molar-refractivity contribution in [2.75, 3.05) is 7.05 Å². The van der Waals surface area contributed by atoms with Crippen molar-refractivity contribution < 1.29 is 14.1 Å². The van der Waals surface area contributed by atoms with E-state index in [1.807, 2.05) is 0 Å². The standard InChI is InChI=1S/C16H20FN3O3/c1-19-11-3-2-4-12(19)8-10(7-11)18-16(21)14-6-5-13(20(22)23)9-15(14)17/h5-6,9-12H,2-4,7-8H2,1H3,(H,18,21). The number of benzene rings is 1. The predicted octanol–water partition coefficient (Wildman–Crippen LogP) is 2.48. The third kappa shape index (κ3) is 3.19. The second-order valence-corrected chi connectivity index (χ2v) is 6.47. The van der Waals surface area contributed by atoms with Gasteiger partial charge in [-0.1, -0.05) is 6.42 Å². The lowest BCUT2D eigenvalue weighted by Gasteiger charge is -2.47. The van der Waals surface area contributed by atoms with Crippen LogP contribution in [-0.4, -0.2) is 40.9 Å². The number of piperidine rings is 2. The maximum Gasteiger partial charge on any atom is 0.272 e. The minimum Gasteiger partial charge on any atom is -0.349 e. The molecule has 124 valence electrons. The number of nitro groups is 1. The molecule has 0 aliphatic carbocycles. The van der Waals surface area contributed by atoms with Gasteiger partial charge in [0, 0.05) is 24.2 Å². The molecule has 2 unspecified atom stereocenters. The summed E-state index contributed by atoms with van der Waals surface area (Å²) in [6.45, 7) is 0. The molecule has 1 amide bonds. The number of rotatable bonds is 3. The Kier molecular flexibility index (Phi) is 4.30. The molecule has 7 heteroatoms. The first-order valence-electron chi connectivity index (χ1n) is 7.92. The summed E-state index contributed by atoms with van der Waals surface area (Å²) in [6, 6.07) is 4.09. The second kappa shape index (κ2) is 6.23. The van der Waals surface area contributed by atoms with Crippen LogP contribution in [0.3, 0.4) is 0 Å². The Morgan fingerprint density at radius 3 is 2.57 bits per heavy atom. The zero-order valence-corrected chi connectivity index (χ0v) is 13.0. The van der Waals surface area contributed by atoms with Crippen LogP contribution in [0.5, 0.6) is 0 Å². The third-order valence-electron chi connectivity index (χ3n) is 5.08. The molecule has 0 aromatic heterocycles. The number of fused-ring (bicyclic) bond motifs is 2. The molecule has 2 aliphatic rings. The van der Waals surface area contributed by atoms with Gasteiger partial charge >= 0.3 is 0 Å². The van der Waals surface area contributed by atoms with Gasteiger partial charge in [-0.15, -0.1) is 0 Å². The van der Waals surface area contributed by atoms with E-state index in [9.17, 15) is 19.3 Å². The van der Waals surface area contributed by atoms with E-state index < -0.39 is 16.6 Å². The molecule has 2 aliphatic heterocycles. The van der Waals surface area contributed by atoms with E-state index in [1.54, 1.807) is 0 Å². The SMILES string of the molecule is CN1C2CCCC1CC(NC(=O)c1ccc([N+](=O)[O-])cc1F)C2. The minimum absolute atomic E-state index is 0.0311. The van der Waals surface area contributed by atoms with Gasteiger partial charge in [0.25, 0.3) is 11.6 Å². The van der Waals surface area contributed by atoms with Gasteiger partial charge in [-0.25, -0.2) is 4.39 Å². The van der Waals surface area contributed by atoms with Crippen LogP contribution in [0.15, 0.2) is 18.2 Å². The molecule has 2 saturated heterocycles. The third-order valence-corrected chi connectivity index (χ3v) is 5.08. The fraction of sp³-hybridized carbons (Fsp3) is 0.562. The Morgan fingerprint density at radius 2 is 2.00 bits per heavy atom. The van der Waals surface area contributed by atoms with Crippen LogP contribution in [0.4, 0.5) is 10.1 Å². The topological polar surface area (TPSA) is 75.5 Å². The van der Waals surface area contributed by atoms with Gasteiger partial charge in [-0.3, -0.25) is 14.9 Å². The fourth-order valence-corrected chi connectivity index (χ4v) is 3.80. The van der Waals surface area contributed by atoms with Crippen molar-refractivity contribution >= 4 is 11.6 Å². The number of nitrogens with zero attached hydrogens (tertiary/aromatic N) is 2. The monoisotopic (exact) mass is 321 g/mol. The largest absolute Gasteiger partial charge is 0.349 e. The average Bonchev–Trinajstić information content (AvgIpc) is 2.48. The van der Waals surface area contributed by atoms with Crippen LogP contribution in [0.25, 0.3) is 0 Å². The molecule has 0 radical (unpaired) electrons. The summed E-state index contributed by atoms with van der Waals surface area (Å²) in [6.07, 6.45) is 5.22. The maximum absolute atomic E-state index is 13.9. The highest BCUT2D eigenvalue weighted by Crippen LogP contribution is 2.32. The van der Waals surface area contributed by atoms with Gasteiger partial charge in [0.05, 0.1) is 16.6 Å². The number of nitro benzene ring substituents is 1. The molecule has 1 aromatic carbocycles. The molecular weight excluding hydrogens is 301 g/mol. The zero-order chi connectivity index (χ0) is 16.6. The highest BCUT2D eigenvalue weighted by Gasteiger charge is 2.36. The van der Waals surface area contributed by atoms with E-state index in [1.165, 1.54) is 12.5 Å². The predicted molar refractivity (Wildman–Crippen MR) is 82.7 cm³/mol. The van der Waals surface area contributed by atoms with Gasteiger partial charge in [-0.05, 0) is 38.8 Å². The molecule has 0 spiro atoms. The van der Waals surface area contributed by atoms with Crippen LogP contribution in [0, 0.1) is 15.9 Å². The lowest BCUT2D eigenvalue weighted by atomic mass is 9.82. The number of nitrogens with one attached hydrogen (secondary N) is 1. The number of amides is 1. The highest BCUT2D eigenvalue weighted by molar-refractivity contribution is 5.94. The van der Waals surface area contributed by atoms with Crippen molar-refractivity contribution in [1.82, 2.24) is 10.2 Å². The van der Waals surface area contributed by atoms with Gasteiger partial charge in [-0.2, -0.15) is 0 Å². The van der Waals surface area contributed by atoms with Gasteiger partial charge in [0.2, 0.25) is 0 Å². The zero-order valence-electron chi connectivity index (χ0n) is 13.0. The number of carbonyl (C=O) groups is 1. The van der Waals surface area contributed by atoms with Crippen LogP contribution in [0.2, 0.25) is 0 Å². The minimum atomic E-state index is -0.857. The molecule has 6 nitrogen and oxygen atoms in total. The molecule has 2 bridgehead atoms. The van der Waals surface area contributed by atoms with Crippen LogP contribution >= 0.6 is 0 Å². The lowest BCUT2D eigenvalue weighted by molar-refractivity contribution is -0.385. The van der Waals surface area contributed by atoms with Gasteiger partial charge in [0.1, 0.15) is 5.82 Å². The van der Waals surface area contributed by atoms with Gasteiger partial charge < -0.3 is 10.2 Å². The summed E-state index contributed by atoms with van der Waals surface area (Å²) in [7, 11) is 2.13. The normalized spacial score (nSPS) is 27.5. The Labute approximate surface area is 133 Å². The van der Waals surface area contributed by atoms with Gasteiger partial charge in [0.15, 0.2) is 0 Å². The molecule has 2 fully saturated rings. The molecule has 23 heavy (non-hydrogen) atoms. The molecule has 2 atom stereocenters. The van der Waals surface area contributed by atoms with E-state index in [-0.39, 0.29) is 17.3 Å². The fourth-order valence-electron chi connectivity index (χ4n) is 3.80. The Balaban J connectivity index is 1.69. The Hall–Kier alpha value is -2.02. The second-order valence-electron chi connectivity index (χ2n) is 6.47. The summed E-state index contributed by atoms with van der Waals surface area (Å²) in [4.78, 5) is 24.6. The molecular formula is C16H20FN3O3. The first kappa shape index (κ1) is 15.9. The van der Waals surface area contributed by atoms with Crippen molar-refractivity contribution in [1.29, 1.82) is 0 Å². The highest BCUT2D eigenvalue weighted by atomic mass is 19.1. The Morgan fingerprint density at radius 1 is 1.35 bits per heavy atom. The summed E-state index contributed by atoms with van der Waals surface area (Å²) >= 11 is 0. The number of hydrogen-bond donors (Lipinski definition) is 1. The van der Waals surface area contributed by atoms with E-state index >= 15 is 0 Å². The number of halogens is 1. The van der Waals surface area contributed by atoms with Crippen LogP contribution in [-0.2, 0) is 0 Å². The van der Waals surface area contributed by atoms with E-state index in [2.05, 4.69) is 17.3 Å². The number of non-ortho nitro benzene ring substituents is 1. The van der Waals surface area contributed by atoms with E-state index in [0.29, 0.717) is 12.1 Å². The first-order chi connectivity index (χ1) is 11.0. The summed E-state index contributed by atoms with van der Waals surface area (Å²) in [5, 5.41) is 13.5. The number of hydrogen-bond acceptors (Lipinski definition) is 4. The summed E-state index contributed by atoms with van der Waals surface area (Å²) in [5.74, 6) is -1.35. The summed E-state index contributed by atoms with van der Waals surface area (Å²) in [5.41, 5.74) is -0.493. The van der Waals surface area contributed by atoms with Crippen molar-refractivity contribution in [2.45, 2.75) is 50.2 Å². The Bertz CT molecular complexity index is 623.